The van der Waals surface area contributed by atoms with Crippen LogP contribution in [0, 0.1) is 3.57 Å². The molecule has 2 aromatic rings. The summed E-state index contributed by atoms with van der Waals surface area (Å²) in [5, 5.41) is 0.987. The van der Waals surface area contributed by atoms with Gasteiger partial charge in [-0.25, -0.2) is 0 Å². The van der Waals surface area contributed by atoms with Gasteiger partial charge in [-0.3, -0.25) is 4.79 Å². The zero-order chi connectivity index (χ0) is 15.0. The first kappa shape index (κ1) is 14.9. The van der Waals surface area contributed by atoms with Crippen LogP contribution in [0.25, 0.3) is 0 Å². The summed E-state index contributed by atoms with van der Waals surface area (Å²) in [5.74, 6) is 0.649. The molecule has 1 aliphatic heterocycles. The fraction of sp³-hybridized carbons (Fsp3) is 0.133. The van der Waals surface area contributed by atoms with Crippen LogP contribution in [0.15, 0.2) is 36.4 Å². The van der Waals surface area contributed by atoms with Crippen molar-refractivity contribution >= 4 is 57.4 Å². The number of carbonyl (C=O) groups excluding carboxylic acids is 1. The van der Waals surface area contributed by atoms with Crippen LogP contribution in [0.4, 0.5) is 5.69 Å². The summed E-state index contributed by atoms with van der Waals surface area (Å²) in [6.45, 7) is 0.487. The average Bonchev–Trinajstić information content (AvgIpc) is 2.46. The second-order valence-electron chi connectivity index (χ2n) is 4.63. The van der Waals surface area contributed by atoms with E-state index in [0.29, 0.717) is 16.6 Å². The van der Waals surface area contributed by atoms with E-state index in [1.165, 1.54) is 0 Å². The van der Waals surface area contributed by atoms with Crippen LogP contribution in [0.2, 0.25) is 10.0 Å². The summed E-state index contributed by atoms with van der Waals surface area (Å²) in [7, 11) is 0. The fourth-order valence-corrected chi connectivity index (χ4v) is 2.96. The summed E-state index contributed by atoms with van der Waals surface area (Å²) in [5.41, 5.74) is 1.70. The molecule has 2 aromatic carbocycles. The Hall–Kier alpha value is -0.980. The Morgan fingerprint density at radius 1 is 1.14 bits per heavy atom. The number of hydrogen-bond donors (Lipinski definition) is 0. The number of benzene rings is 2. The van der Waals surface area contributed by atoms with Gasteiger partial charge in [0, 0.05) is 3.57 Å². The van der Waals surface area contributed by atoms with Gasteiger partial charge in [0.25, 0.3) is 5.91 Å². The summed E-state index contributed by atoms with van der Waals surface area (Å²) in [4.78, 5) is 13.8. The molecule has 0 aromatic heterocycles. The van der Waals surface area contributed by atoms with Gasteiger partial charge in [-0.05, 0) is 58.5 Å². The zero-order valence-corrected chi connectivity index (χ0v) is 14.4. The topological polar surface area (TPSA) is 29.5 Å². The Morgan fingerprint density at radius 3 is 2.71 bits per heavy atom. The Kier molecular flexibility index (Phi) is 4.28. The van der Waals surface area contributed by atoms with Gasteiger partial charge < -0.3 is 9.64 Å². The minimum atomic E-state index is -0.0743. The highest BCUT2D eigenvalue weighted by Crippen LogP contribution is 2.34. The van der Waals surface area contributed by atoms with Crippen molar-refractivity contribution < 1.29 is 9.53 Å². The largest absolute Gasteiger partial charge is 0.482 e. The van der Waals surface area contributed by atoms with Crippen molar-refractivity contribution in [2.45, 2.75) is 6.54 Å². The molecule has 108 valence electrons. The molecule has 0 atom stereocenters. The quantitative estimate of drug-likeness (QED) is 0.651. The first-order valence-corrected chi connectivity index (χ1v) is 8.05. The SMILES string of the molecule is O=C1COc2cc(I)ccc2N1Cc1ccc(Cl)c(Cl)c1. The molecule has 3 nitrogen and oxygen atoms in total. The molecule has 3 rings (SSSR count). The van der Waals surface area contributed by atoms with Crippen LogP contribution in [0.1, 0.15) is 5.56 Å². The van der Waals surface area contributed by atoms with Crippen LogP contribution in [-0.2, 0) is 11.3 Å². The normalized spacial score (nSPS) is 13.9. The molecule has 0 bridgehead atoms. The third-order valence-electron chi connectivity index (χ3n) is 3.19. The molecule has 0 N–H and O–H groups in total. The summed E-state index contributed by atoms with van der Waals surface area (Å²) in [6.07, 6.45) is 0. The van der Waals surface area contributed by atoms with Crippen LogP contribution >= 0.6 is 45.8 Å². The molecule has 0 saturated carbocycles. The van der Waals surface area contributed by atoms with Gasteiger partial charge in [-0.1, -0.05) is 29.3 Å². The number of nitrogens with zero attached hydrogens (tertiary/aromatic N) is 1. The van der Waals surface area contributed by atoms with E-state index in [2.05, 4.69) is 22.6 Å². The zero-order valence-electron chi connectivity index (χ0n) is 10.8. The van der Waals surface area contributed by atoms with Crippen molar-refractivity contribution in [3.8, 4) is 5.75 Å². The molecule has 0 unspecified atom stereocenters. The number of hydrogen-bond acceptors (Lipinski definition) is 2. The highest BCUT2D eigenvalue weighted by molar-refractivity contribution is 14.1. The number of rotatable bonds is 2. The van der Waals surface area contributed by atoms with Gasteiger partial charge in [0.05, 0.1) is 22.3 Å². The van der Waals surface area contributed by atoms with E-state index in [1.807, 2.05) is 24.3 Å². The molecule has 0 fully saturated rings. The molecule has 21 heavy (non-hydrogen) atoms. The molecular weight excluding hydrogens is 424 g/mol. The smallest absolute Gasteiger partial charge is 0.265 e. The third kappa shape index (κ3) is 3.12. The average molecular weight is 434 g/mol. The van der Waals surface area contributed by atoms with E-state index >= 15 is 0 Å². The lowest BCUT2D eigenvalue weighted by molar-refractivity contribution is -0.121. The summed E-state index contributed by atoms with van der Waals surface area (Å²) in [6, 6.07) is 11.1. The van der Waals surface area contributed by atoms with Crippen molar-refractivity contribution in [1.82, 2.24) is 0 Å². The van der Waals surface area contributed by atoms with E-state index in [0.717, 1.165) is 20.6 Å². The molecule has 0 radical (unpaired) electrons. The second-order valence-corrected chi connectivity index (χ2v) is 6.69. The minimum Gasteiger partial charge on any atom is -0.482 e. The standard InChI is InChI=1S/C15H10Cl2INO2/c16-11-3-1-9(5-12(11)17)7-19-13-4-2-10(18)6-14(13)21-8-15(19)20/h1-6H,7-8H2. The maximum Gasteiger partial charge on any atom is 0.265 e. The summed E-state index contributed by atoms with van der Waals surface area (Å²) < 4.78 is 6.55. The fourth-order valence-electron chi connectivity index (χ4n) is 2.17. The molecule has 1 amide bonds. The highest BCUT2D eigenvalue weighted by atomic mass is 127. The number of anilines is 1. The Morgan fingerprint density at radius 2 is 1.95 bits per heavy atom. The van der Waals surface area contributed by atoms with Gasteiger partial charge in [-0.15, -0.1) is 0 Å². The molecule has 0 saturated heterocycles. The molecule has 0 spiro atoms. The molecule has 1 heterocycles. The monoisotopic (exact) mass is 433 g/mol. The van der Waals surface area contributed by atoms with E-state index in [1.54, 1.807) is 17.0 Å². The van der Waals surface area contributed by atoms with Crippen LogP contribution in [0.5, 0.6) is 5.75 Å². The van der Waals surface area contributed by atoms with Crippen molar-refractivity contribution in [1.29, 1.82) is 0 Å². The second kappa shape index (κ2) is 6.02. The number of fused-ring (bicyclic) bond motifs is 1. The molecule has 0 aliphatic carbocycles. The van der Waals surface area contributed by atoms with E-state index < -0.39 is 0 Å². The maximum atomic E-state index is 12.1. The van der Waals surface area contributed by atoms with Gasteiger partial charge >= 0.3 is 0 Å². The van der Waals surface area contributed by atoms with E-state index in [9.17, 15) is 4.79 Å². The van der Waals surface area contributed by atoms with E-state index in [-0.39, 0.29) is 12.5 Å². The number of carbonyl (C=O) groups is 1. The lowest BCUT2D eigenvalue weighted by Gasteiger charge is -2.29. The van der Waals surface area contributed by atoms with Gasteiger partial charge in [0.2, 0.25) is 0 Å². The van der Waals surface area contributed by atoms with Crippen molar-refractivity contribution in [2.75, 3.05) is 11.5 Å². The molecule has 1 aliphatic rings. The molecule has 6 heteroatoms. The number of halogens is 3. The Labute approximate surface area is 145 Å². The Bertz CT molecular complexity index is 721. The third-order valence-corrected chi connectivity index (χ3v) is 4.60. The predicted octanol–water partition coefficient (Wildman–Crippen LogP) is 4.52. The first-order valence-electron chi connectivity index (χ1n) is 6.21. The molecular formula is C15H10Cl2INO2. The minimum absolute atomic E-state index is 0.0500. The lowest BCUT2D eigenvalue weighted by Crippen LogP contribution is -2.38. The van der Waals surface area contributed by atoms with Crippen LogP contribution in [0.3, 0.4) is 0 Å². The van der Waals surface area contributed by atoms with Gasteiger partial charge in [-0.2, -0.15) is 0 Å². The summed E-state index contributed by atoms with van der Waals surface area (Å²) >= 11 is 14.2. The maximum absolute atomic E-state index is 12.1. The highest BCUT2D eigenvalue weighted by Gasteiger charge is 2.25. The predicted molar refractivity (Wildman–Crippen MR) is 92.3 cm³/mol. The van der Waals surface area contributed by atoms with Crippen LogP contribution in [-0.4, -0.2) is 12.5 Å². The Balaban J connectivity index is 1.94. The number of ether oxygens (including phenoxy) is 1. The van der Waals surface area contributed by atoms with Gasteiger partial charge in [0.15, 0.2) is 6.61 Å². The van der Waals surface area contributed by atoms with Crippen molar-refractivity contribution in [3.05, 3.63) is 55.6 Å². The van der Waals surface area contributed by atoms with Crippen LogP contribution < -0.4 is 9.64 Å². The number of amides is 1. The first-order chi connectivity index (χ1) is 10.0. The van der Waals surface area contributed by atoms with Crippen molar-refractivity contribution in [2.24, 2.45) is 0 Å². The van der Waals surface area contributed by atoms with Crippen molar-refractivity contribution in [3.63, 3.8) is 0 Å². The lowest BCUT2D eigenvalue weighted by atomic mass is 10.1. The van der Waals surface area contributed by atoms with E-state index in [4.69, 9.17) is 27.9 Å². The van der Waals surface area contributed by atoms with Gasteiger partial charge in [0.1, 0.15) is 5.75 Å².